The Bertz CT molecular complexity index is 544. The molecule has 0 bridgehead atoms. The molecule has 0 spiro atoms. The fourth-order valence-corrected chi connectivity index (χ4v) is 2.43. The number of rotatable bonds is 5. The molecule has 2 N–H and O–H groups in total. The van der Waals surface area contributed by atoms with Gasteiger partial charge >= 0.3 is 0 Å². The molecule has 0 heterocycles. The first-order chi connectivity index (χ1) is 10.6. The van der Waals surface area contributed by atoms with Crippen molar-refractivity contribution in [2.24, 2.45) is 5.41 Å². The van der Waals surface area contributed by atoms with Crippen LogP contribution in [-0.4, -0.2) is 47.6 Å². The fourth-order valence-electron chi connectivity index (χ4n) is 2.43. The molecule has 0 aliphatic carbocycles. The van der Waals surface area contributed by atoms with Crippen LogP contribution in [0.15, 0.2) is 24.3 Å². The zero-order chi connectivity index (χ0) is 17.8. The summed E-state index contributed by atoms with van der Waals surface area (Å²) < 4.78 is 0. The highest BCUT2D eigenvalue weighted by molar-refractivity contribution is 5.97. The van der Waals surface area contributed by atoms with Crippen molar-refractivity contribution in [2.45, 2.75) is 46.7 Å². The van der Waals surface area contributed by atoms with Crippen LogP contribution in [0.2, 0.25) is 0 Å². The fraction of sp³-hybridized carbons (Fsp3) is 0.556. The number of amides is 2. The molecule has 1 rings (SSSR count). The lowest BCUT2D eigenvalue weighted by molar-refractivity contribution is 0.0433. The zero-order valence-electron chi connectivity index (χ0n) is 14.9. The minimum absolute atomic E-state index is 0.0621. The van der Waals surface area contributed by atoms with Gasteiger partial charge in [-0.3, -0.25) is 9.59 Å². The van der Waals surface area contributed by atoms with E-state index in [2.05, 4.69) is 5.32 Å². The molecular formula is C18H28N2O3. The summed E-state index contributed by atoms with van der Waals surface area (Å²) >= 11 is 0. The molecule has 128 valence electrons. The number of benzene rings is 1. The molecule has 0 saturated carbocycles. The van der Waals surface area contributed by atoms with Gasteiger partial charge in [-0.2, -0.15) is 0 Å². The summed E-state index contributed by atoms with van der Waals surface area (Å²) in [6, 6.07) is 6.36. The second kappa shape index (κ2) is 7.59. The number of aliphatic hydroxyl groups excluding tert-OH is 1. The summed E-state index contributed by atoms with van der Waals surface area (Å²) in [7, 11) is 1.69. The largest absolute Gasteiger partial charge is 0.394 e. The highest BCUT2D eigenvalue weighted by atomic mass is 16.3. The van der Waals surface area contributed by atoms with E-state index in [1.165, 1.54) is 0 Å². The summed E-state index contributed by atoms with van der Waals surface area (Å²) in [5, 5.41) is 12.4. The number of nitrogens with zero attached hydrogens (tertiary/aromatic N) is 1. The molecule has 0 fully saturated rings. The van der Waals surface area contributed by atoms with Crippen LogP contribution < -0.4 is 5.32 Å². The molecule has 0 aliphatic heterocycles. The van der Waals surface area contributed by atoms with Crippen LogP contribution in [-0.2, 0) is 0 Å². The van der Waals surface area contributed by atoms with Gasteiger partial charge in [0.25, 0.3) is 11.8 Å². The Balaban J connectivity index is 2.91. The number of hydrogen-bond donors (Lipinski definition) is 2. The normalized spacial score (nSPS) is 12.9. The van der Waals surface area contributed by atoms with Gasteiger partial charge in [0.2, 0.25) is 0 Å². The lowest BCUT2D eigenvalue weighted by Gasteiger charge is -2.36. The van der Waals surface area contributed by atoms with Gasteiger partial charge in [0.05, 0.1) is 12.6 Å². The van der Waals surface area contributed by atoms with E-state index in [-0.39, 0.29) is 35.9 Å². The van der Waals surface area contributed by atoms with Gasteiger partial charge < -0.3 is 15.3 Å². The van der Waals surface area contributed by atoms with E-state index in [9.17, 15) is 14.7 Å². The first-order valence-corrected chi connectivity index (χ1v) is 7.87. The monoisotopic (exact) mass is 320 g/mol. The lowest BCUT2D eigenvalue weighted by Crippen LogP contribution is -2.47. The van der Waals surface area contributed by atoms with E-state index >= 15 is 0 Å². The van der Waals surface area contributed by atoms with Crippen molar-refractivity contribution in [3.8, 4) is 0 Å². The molecule has 23 heavy (non-hydrogen) atoms. The predicted octanol–water partition coefficient (Wildman–Crippen LogP) is 2.30. The average molecular weight is 320 g/mol. The summed E-state index contributed by atoms with van der Waals surface area (Å²) in [4.78, 5) is 26.0. The first kappa shape index (κ1) is 19.2. The van der Waals surface area contributed by atoms with Crippen molar-refractivity contribution >= 4 is 11.8 Å². The second-order valence-corrected chi connectivity index (χ2v) is 7.19. The van der Waals surface area contributed by atoms with Gasteiger partial charge in [-0.15, -0.1) is 0 Å². The van der Waals surface area contributed by atoms with Crippen molar-refractivity contribution in [1.29, 1.82) is 0 Å². The van der Waals surface area contributed by atoms with E-state index in [1.54, 1.807) is 36.2 Å². The molecule has 0 aliphatic rings. The summed E-state index contributed by atoms with van der Waals surface area (Å²) in [5.74, 6) is -0.329. The molecule has 1 aromatic rings. The number of likely N-dealkylation sites (N-methyl/N-ethyl adjacent to an activating group) is 1. The van der Waals surface area contributed by atoms with Crippen LogP contribution in [0, 0.1) is 5.41 Å². The minimum Gasteiger partial charge on any atom is -0.394 e. The number of carbonyl (C=O) groups is 2. The molecule has 5 heteroatoms. The van der Waals surface area contributed by atoms with Gasteiger partial charge in [0.1, 0.15) is 0 Å². The van der Waals surface area contributed by atoms with Gasteiger partial charge in [-0.25, -0.2) is 0 Å². The third-order valence-corrected chi connectivity index (χ3v) is 3.77. The third kappa shape index (κ3) is 5.06. The van der Waals surface area contributed by atoms with Gasteiger partial charge in [0, 0.05) is 24.2 Å². The van der Waals surface area contributed by atoms with Crippen molar-refractivity contribution < 1.29 is 14.7 Å². The van der Waals surface area contributed by atoms with E-state index in [4.69, 9.17) is 0 Å². The topological polar surface area (TPSA) is 69.6 Å². The standard InChI is InChI=1S/C18H28N2O3/c1-12(2)19-16(22)13-7-9-14(10-8-13)17(23)20(6)15(11-21)18(3,4)5/h7-10,12,15,21H,11H2,1-6H3,(H,19,22)/t15-/m0/s1. The van der Waals surface area contributed by atoms with Crippen LogP contribution in [0.25, 0.3) is 0 Å². The Hall–Kier alpha value is -1.88. The van der Waals surface area contributed by atoms with E-state index in [1.807, 2.05) is 34.6 Å². The number of nitrogens with one attached hydrogen (secondary N) is 1. The van der Waals surface area contributed by atoms with Gasteiger partial charge in [-0.1, -0.05) is 20.8 Å². The quantitative estimate of drug-likeness (QED) is 0.874. The molecule has 0 saturated heterocycles. The van der Waals surface area contributed by atoms with Crippen molar-refractivity contribution in [2.75, 3.05) is 13.7 Å². The summed E-state index contributed by atoms with van der Waals surface area (Å²) in [6.45, 7) is 9.64. The van der Waals surface area contributed by atoms with Gasteiger partial charge in [-0.05, 0) is 43.5 Å². The van der Waals surface area contributed by atoms with Gasteiger partial charge in [0.15, 0.2) is 0 Å². The van der Waals surface area contributed by atoms with Crippen molar-refractivity contribution in [3.63, 3.8) is 0 Å². The maximum atomic E-state index is 12.6. The van der Waals surface area contributed by atoms with Crippen molar-refractivity contribution in [1.82, 2.24) is 10.2 Å². The molecule has 1 atom stereocenters. The van der Waals surface area contributed by atoms with E-state index < -0.39 is 0 Å². The van der Waals surface area contributed by atoms with E-state index in [0.29, 0.717) is 11.1 Å². The second-order valence-electron chi connectivity index (χ2n) is 7.19. The van der Waals surface area contributed by atoms with Crippen LogP contribution in [0.5, 0.6) is 0 Å². The van der Waals surface area contributed by atoms with E-state index in [0.717, 1.165) is 0 Å². The number of carbonyl (C=O) groups excluding carboxylic acids is 2. The molecular weight excluding hydrogens is 292 g/mol. The van der Waals surface area contributed by atoms with Crippen LogP contribution >= 0.6 is 0 Å². The summed E-state index contributed by atoms with van der Waals surface area (Å²) in [6.07, 6.45) is 0. The molecule has 0 radical (unpaired) electrons. The molecule has 5 nitrogen and oxygen atoms in total. The third-order valence-electron chi connectivity index (χ3n) is 3.77. The minimum atomic E-state index is -0.279. The van der Waals surface area contributed by atoms with Crippen molar-refractivity contribution in [3.05, 3.63) is 35.4 Å². The Kier molecular flexibility index (Phi) is 6.33. The Morgan fingerprint density at radius 2 is 1.61 bits per heavy atom. The smallest absolute Gasteiger partial charge is 0.253 e. The molecule has 2 amide bonds. The average Bonchev–Trinajstić information content (AvgIpc) is 2.45. The molecule has 0 unspecified atom stereocenters. The highest BCUT2D eigenvalue weighted by Gasteiger charge is 2.30. The Labute approximate surface area is 138 Å². The summed E-state index contributed by atoms with van der Waals surface area (Å²) in [5.41, 5.74) is 0.791. The zero-order valence-corrected chi connectivity index (χ0v) is 14.9. The predicted molar refractivity (Wildman–Crippen MR) is 91.5 cm³/mol. The van der Waals surface area contributed by atoms with Crippen LogP contribution in [0.1, 0.15) is 55.3 Å². The highest BCUT2D eigenvalue weighted by Crippen LogP contribution is 2.24. The Morgan fingerprint density at radius 1 is 1.13 bits per heavy atom. The molecule has 1 aromatic carbocycles. The molecule has 0 aromatic heterocycles. The maximum absolute atomic E-state index is 12.6. The van der Waals surface area contributed by atoms with Crippen LogP contribution in [0.3, 0.4) is 0 Å². The Morgan fingerprint density at radius 3 is 2.00 bits per heavy atom. The van der Waals surface area contributed by atoms with Crippen LogP contribution in [0.4, 0.5) is 0 Å². The number of aliphatic hydroxyl groups is 1. The lowest BCUT2D eigenvalue weighted by atomic mass is 9.86. The number of hydrogen-bond acceptors (Lipinski definition) is 3. The SMILES string of the molecule is CC(C)NC(=O)c1ccc(C(=O)N(C)[C@@H](CO)C(C)(C)C)cc1. The maximum Gasteiger partial charge on any atom is 0.253 e. The first-order valence-electron chi connectivity index (χ1n) is 7.87.